The Morgan fingerprint density at radius 2 is 1.62 bits per heavy atom. The lowest BCUT2D eigenvalue weighted by atomic mass is 9.43. The summed E-state index contributed by atoms with van der Waals surface area (Å²) in [4.78, 5) is 10.8. The van der Waals surface area contributed by atoms with Gasteiger partial charge in [0.25, 0.3) is 5.97 Å². The second-order valence-electron chi connectivity index (χ2n) is 7.13. The van der Waals surface area contributed by atoms with Crippen LogP contribution in [-0.4, -0.2) is 77.5 Å². The Balaban J connectivity index is 2.65. The van der Waals surface area contributed by atoms with Crippen LogP contribution in [0.15, 0.2) is 47.4 Å². The van der Waals surface area contributed by atoms with Crippen molar-refractivity contribution in [3.05, 3.63) is 48.0 Å². The average molecular weight is 452 g/mol. The van der Waals surface area contributed by atoms with Crippen LogP contribution in [0.1, 0.15) is 16.8 Å². The number of ether oxygens (including phenoxy) is 1. The molecule has 2 rings (SSSR count). The molecule has 8 radical (unpaired) electrons. The van der Waals surface area contributed by atoms with Crippen LogP contribution in [0.25, 0.3) is 0 Å². The van der Waals surface area contributed by atoms with Crippen molar-refractivity contribution in [3.63, 3.8) is 0 Å². The first-order valence-electron chi connectivity index (χ1n) is 8.71. The van der Waals surface area contributed by atoms with Crippen LogP contribution >= 0.6 is 0 Å². The number of primary sulfonamides is 1. The van der Waals surface area contributed by atoms with Gasteiger partial charge in [-0.1, -0.05) is 18.2 Å². The molecule has 0 amide bonds. The van der Waals surface area contributed by atoms with E-state index in [0.717, 1.165) is 12.1 Å². The van der Waals surface area contributed by atoms with Crippen molar-refractivity contribution in [1.29, 1.82) is 0 Å². The summed E-state index contributed by atoms with van der Waals surface area (Å²) < 4.78 is 30.0. The van der Waals surface area contributed by atoms with Gasteiger partial charge in [-0.3, -0.25) is 0 Å². The van der Waals surface area contributed by atoms with Crippen LogP contribution < -0.4 is 15.2 Å². The molecule has 160 valence electrons. The molecule has 32 heavy (non-hydrogen) atoms. The van der Waals surface area contributed by atoms with Gasteiger partial charge in [0.2, 0.25) is 10.0 Å². The van der Waals surface area contributed by atoms with Gasteiger partial charge < -0.3 is 30.5 Å². The topological polar surface area (TPSA) is 179 Å². The molecular weight excluding hydrogens is 436 g/mol. The number of carbonyl (C=O) groups is 1. The van der Waals surface area contributed by atoms with E-state index in [1.165, 1.54) is 12.1 Å². The Labute approximate surface area is 189 Å². The number of aromatic carboxylic acids is 1. The molecule has 0 aliphatic heterocycles. The van der Waals surface area contributed by atoms with Gasteiger partial charge in [0.05, 0.1) is 42.6 Å². The number of hydrogen-bond acceptors (Lipinski definition) is 8. The monoisotopic (exact) mass is 452 g/mol. The molecule has 0 bridgehead atoms. The lowest BCUT2D eigenvalue weighted by molar-refractivity contribution is -0.322. The third-order valence-corrected chi connectivity index (χ3v) is 5.06. The predicted octanol–water partition coefficient (Wildman–Crippen LogP) is -1.30. The Morgan fingerprint density at radius 3 is 2.09 bits per heavy atom. The van der Waals surface area contributed by atoms with Gasteiger partial charge in [0.15, 0.2) is 5.75 Å². The predicted molar refractivity (Wildman–Crippen MR) is 117 cm³/mol. The minimum atomic E-state index is -4.53. The van der Waals surface area contributed by atoms with Crippen LogP contribution in [0.4, 0.5) is 5.69 Å². The number of nitrogens with two attached hydrogens (primary N) is 1. The minimum absolute atomic E-state index is 0.148. The number of hydrogen-bond donors (Lipinski definition) is 6. The molecule has 7 N–H and O–H groups in total. The zero-order chi connectivity index (χ0) is 24.5. The zero-order valence-electron chi connectivity index (χ0n) is 16.5. The highest BCUT2D eigenvalue weighted by atomic mass is 32.2. The summed E-state index contributed by atoms with van der Waals surface area (Å²) >= 11 is 0. The molecule has 10 nitrogen and oxygen atoms in total. The molecular formula is C17H16B4N2O8S. The molecule has 0 aliphatic rings. The molecule has 0 atom stereocenters. The number of anilines is 1. The summed E-state index contributed by atoms with van der Waals surface area (Å²) in [7, 11) is 18.1. The zero-order valence-corrected chi connectivity index (χ0v) is 17.3. The van der Waals surface area contributed by atoms with Gasteiger partial charge in [-0.25, -0.2) is 18.4 Å². The molecule has 0 aliphatic carbocycles. The SMILES string of the molecule is [B]C([B])(CC([B])([B])C(O)(O)O)Nc1cc(C(=O)O)cc(S(N)(=O)=O)c1Oc1ccccc1. The Morgan fingerprint density at radius 1 is 1.06 bits per heavy atom. The van der Waals surface area contributed by atoms with E-state index in [2.05, 4.69) is 5.32 Å². The van der Waals surface area contributed by atoms with Crippen LogP contribution in [-0.2, 0) is 10.0 Å². The summed E-state index contributed by atoms with van der Waals surface area (Å²) in [5, 5.41) is 40.0. The van der Waals surface area contributed by atoms with Crippen molar-refractivity contribution >= 4 is 53.1 Å². The summed E-state index contributed by atoms with van der Waals surface area (Å²) in [5.41, 5.74) is -0.890. The van der Waals surface area contributed by atoms with Crippen molar-refractivity contribution in [2.24, 2.45) is 5.14 Å². The maximum absolute atomic E-state index is 12.2. The second-order valence-corrected chi connectivity index (χ2v) is 8.66. The first-order chi connectivity index (χ1) is 14.4. The van der Waals surface area contributed by atoms with E-state index in [9.17, 15) is 33.6 Å². The summed E-state index contributed by atoms with van der Waals surface area (Å²) in [5.74, 6) is -5.44. The number of sulfonamides is 1. The molecule has 15 heteroatoms. The Kier molecular flexibility index (Phi) is 7.13. The Bertz CT molecular complexity index is 1110. The molecule has 0 fully saturated rings. The molecule has 0 saturated carbocycles. The fourth-order valence-corrected chi connectivity index (χ4v) is 3.34. The second kappa shape index (κ2) is 8.83. The van der Waals surface area contributed by atoms with Crippen LogP contribution in [0, 0.1) is 0 Å². The largest absolute Gasteiger partial charge is 0.478 e. The van der Waals surface area contributed by atoms with Crippen molar-refractivity contribution in [2.45, 2.75) is 27.8 Å². The maximum Gasteiger partial charge on any atom is 0.335 e. The van der Waals surface area contributed by atoms with E-state index in [1.807, 2.05) is 0 Å². The highest BCUT2D eigenvalue weighted by Crippen LogP contribution is 2.41. The molecule has 2 aromatic rings. The number of benzene rings is 2. The number of rotatable bonds is 9. The number of carboxylic acid groups (broad SMARTS) is 1. The van der Waals surface area contributed by atoms with E-state index in [0.29, 0.717) is 0 Å². The van der Waals surface area contributed by atoms with Crippen molar-refractivity contribution < 1.29 is 38.4 Å². The minimum Gasteiger partial charge on any atom is -0.478 e. The lowest BCUT2D eigenvalue weighted by Gasteiger charge is -2.42. The average Bonchev–Trinajstić information content (AvgIpc) is 2.60. The lowest BCUT2D eigenvalue weighted by Crippen LogP contribution is -2.52. The molecule has 0 spiro atoms. The quantitative estimate of drug-likeness (QED) is 0.199. The molecule has 2 aromatic carbocycles. The summed E-state index contributed by atoms with van der Waals surface area (Å²) in [6.07, 6.45) is -0.920. The highest BCUT2D eigenvalue weighted by Gasteiger charge is 2.42. The van der Waals surface area contributed by atoms with E-state index in [4.69, 9.17) is 41.3 Å². The summed E-state index contributed by atoms with van der Waals surface area (Å²) in [6.45, 7) is 0. The third-order valence-electron chi connectivity index (χ3n) is 4.15. The van der Waals surface area contributed by atoms with Crippen LogP contribution in [0.2, 0.25) is 5.21 Å². The Hall–Kier alpha value is -2.44. The number of para-hydroxylation sites is 1. The van der Waals surface area contributed by atoms with Crippen LogP contribution in [0.5, 0.6) is 11.5 Å². The third kappa shape index (κ3) is 6.30. The van der Waals surface area contributed by atoms with Gasteiger partial charge in [0.1, 0.15) is 10.6 Å². The highest BCUT2D eigenvalue weighted by molar-refractivity contribution is 7.89. The number of carboxylic acids is 1. The number of nitrogens with one attached hydrogen (secondary N) is 1. The standard InChI is InChI=1S/C17H16B4N2O8S/c18-15(19,17(26,27)28)8-16(20,21)23-11-6-9(14(24)25)7-12(32(22,29)30)13(11)31-10-4-2-1-3-5-10/h1-7,23,26-28H,8H2,(H,24,25)(H2,22,29,30). The van der Waals surface area contributed by atoms with Gasteiger partial charge in [-0.15, -0.1) is 0 Å². The first-order valence-corrected chi connectivity index (χ1v) is 10.3. The number of aliphatic hydroxyl groups is 3. The van der Waals surface area contributed by atoms with Crippen molar-refractivity contribution in [3.8, 4) is 11.5 Å². The van der Waals surface area contributed by atoms with Gasteiger partial charge >= 0.3 is 5.97 Å². The van der Waals surface area contributed by atoms with Gasteiger partial charge in [-0.2, -0.15) is 0 Å². The van der Waals surface area contributed by atoms with Crippen molar-refractivity contribution in [2.75, 3.05) is 5.32 Å². The van der Waals surface area contributed by atoms with Crippen LogP contribution in [0.3, 0.4) is 0 Å². The van der Waals surface area contributed by atoms with E-state index in [-0.39, 0.29) is 11.4 Å². The molecule has 0 unspecified atom stereocenters. The van der Waals surface area contributed by atoms with Crippen molar-refractivity contribution in [1.82, 2.24) is 0 Å². The molecule has 0 heterocycles. The van der Waals surface area contributed by atoms with E-state index >= 15 is 0 Å². The summed E-state index contributed by atoms with van der Waals surface area (Å²) in [6, 6.07) is 9.50. The molecule has 0 saturated heterocycles. The molecule has 0 aromatic heterocycles. The van der Waals surface area contributed by atoms with Gasteiger partial charge in [0, 0.05) is 0 Å². The van der Waals surface area contributed by atoms with E-state index in [1.54, 1.807) is 18.2 Å². The maximum atomic E-state index is 12.2. The fourth-order valence-electron chi connectivity index (χ4n) is 2.64. The normalized spacial score (nSPS) is 12.9. The smallest absolute Gasteiger partial charge is 0.335 e. The van der Waals surface area contributed by atoms with E-state index < -0.39 is 55.1 Å². The first kappa shape index (κ1) is 25.8. The van der Waals surface area contributed by atoms with Gasteiger partial charge in [-0.05, 0) is 41.2 Å². The fraction of sp³-hybridized carbons (Fsp3) is 0.235.